The number of hydrogen-bond acceptors (Lipinski definition) is 0. The summed E-state index contributed by atoms with van der Waals surface area (Å²) in [5, 5.41) is 0.356. The Bertz CT molecular complexity index is 190. The summed E-state index contributed by atoms with van der Waals surface area (Å²) in [5.41, 5.74) is 0.834. The highest BCUT2D eigenvalue weighted by Gasteiger charge is 2.39. The lowest BCUT2D eigenvalue weighted by Gasteiger charge is -2.46. The maximum atomic E-state index is 2.42. The first-order chi connectivity index (χ1) is 6.58. The average Bonchev–Trinajstić information content (AvgIpc) is 2.02. The Morgan fingerprint density at radius 1 is 0.867 bits per heavy atom. The molecule has 0 amide bonds. The molecule has 0 saturated carbocycles. The molecule has 0 aliphatic carbocycles. The molecule has 0 aromatic rings. The van der Waals surface area contributed by atoms with Gasteiger partial charge in [0.2, 0.25) is 0 Å². The Kier molecular flexibility index (Phi) is 4.95. The van der Waals surface area contributed by atoms with Crippen molar-refractivity contribution < 1.29 is 0 Å². The van der Waals surface area contributed by atoms with Gasteiger partial charge in [-0.1, -0.05) is 67.0 Å². The van der Waals surface area contributed by atoms with Crippen LogP contribution in [0.3, 0.4) is 0 Å². The van der Waals surface area contributed by atoms with Crippen LogP contribution < -0.4 is 0 Å². The molecule has 15 heavy (non-hydrogen) atoms. The highest BCUT2D eigenvalue weighted by molar-refractivity contribution is 6.37. The van der Waals surface area contributed by atoms with Crippen LogP contribution in [0, 0.1) is 10.8 Å². The van der Waals surface area contributed by atoms with E-state index >= 15 is 0 Å². The van der Waals surface area contributed by atoms with Crippen LogP contribution in [0.2, 0.25) is 12.1 Å². The summed E-state index contributed by atoms with van der Waals surface area (Å²) in [6, 6.07) is 0. The molecule has 0 aliphatic heterocycles. The van der Waals surface area contributed by atoms with Crippen molar-refractivity contribution in [2.24, 2.45) is 10.8 Å². The molecule has 0 rings (SSSR count). The predicted molar refractivity (Wildman–Crippen MR) is 72.7 cm³/mol. The third kappa shape index (κ3) is 4.21. The van der Waals surface area contributed by atoms with Gasteiger partial charge in [-0.15, -0.1) is 0 Å². The molecular weight excluding hydrogens is 179 g/mol. The van der Waals surface area contributed by atoms with Crippen molar-refractivity contribution in [3.05, 3.63) is 0 Å². The van der Waals surface area contributed by atoms with E-state index in [4.69, 9.17) is 0 Å². The Morgan fingerprint density at radius 3 is 1.67 bits per heavy atom. The van der Waals surface area contributed by atoms with E-state index in [1.165, 1.54) is 19.3 Å². The van der Waals surface area contributed by atoms with E-state index in [1.807, 2.05) is 0 Å². The third-order valence-electron chi connectivity index (χ3n) is 4.39. The Hall–Kier alpha value is 0.0649. The molecular formula is C14H30B. The summed E-state index contributed by atoms with van der Waals surface area (Å²) in [4.78, 5) is 0. The van der Waals surface area contributed by atoms with Gasteiger partial charge in [0, 0.05) is 0 Å². The van der Waals surface area contributed by atoms with Gasteiger partial charge in [0.15, 0.2) is 0 Å². The zero-order valence-electron chi connectivity index (χ0n) is 12.2. The van der Waals surface area contributed by atoms with Crippen LogP contribution in [0.4, 0.5) is 0 Å². The first-order valence-electron chi connectivity index (χ1n) is 6.38. The van der Waals surface area contributed by atoms with Gasteiger partial charge >= 0.3 is 0 Å². The van der Waals surface area contributed by atoms with Crippen molar-refractivity contribution in [3.63, 3.8) is 0 Å². The zero-order chi connectivity index (χ0) is 12.3. The van der Waals surface area contributed by atoms with Gasteiger partial charge < -0.3 is 0 Å². The zero-order valence-corrected chi connectivity index (χ0v) is 12.2. The van der Waals surface area contributed by atoms with Gasteiger partial charge in [0.1, 0.15) is 7.28 Å². The average molecular weight is 209 g/mol. The predicted octanol–water partition coefficient (Wildman–Crippen LogP) is 5.18. The second-order valence-electron chi connectivity index (χ2n) is 6.97. The summed E-state index contributed by atoms with van der Waals surface area (Å²) in [5.74, 6) is 0. The van der Waals surface area contributed by atoms with Crippen molar-refractivity contribution >= 4 is 7.28 Å². The molecule has 0 nitrogen and oxygen atoms in total. The SMILES string of the molecule is C[B]C(C)(C)CC(C)(C)C(C)(C)CCC. The van der Waals surface area contributed by atoms with Crippen molar-refractivity contribution in [2.75, 3.05) is 0 Å². The van der Waals surface area contributed by atoms with Gasteiger partial charge in [0.05, 0.1) is 0 Å². The summed E-state index contributed by atoms with van der Waals surface area (Å²) < 4.78 is 0. The summed E-state index contributed by atoms with van der Waals surface area (Å²) in [7, 11) is 2.34. The van der Waals surface area contributed by atoms with Crippen LogP contribution in [-0.4, -0.2) is 7.28 Å². The molecule has 0 heterocycles. The van der Waals surface area contributed by atoms with Crippen LogP contribution in [-0.2, 0) is 0 Å². The Balaban J connectivity index is 4.67. The van der Waals surface area contributed by atoms with Gasteiger partial charge in [-0.25, -0.2) is 0 Å². The largest absolute Gasteiger partial charge is 0.113 e. The number of hydrogen-bond donors (Lipinski definition) is 0. The van der Waals surface area contributed by atoms with Crippen LogP contribution in [0.5, 0.6) is 0 Å². The van der Waals surface area contributed by atoms with Gasteiger partial charge in [0.25, 0.3) is 0 Å². The first kappa shape index (κ1) is 15.1. The van der Waals surface area contributed by atoms with Crippen LogP contribution in [0.25, 0.3) is 0 Å². The van der Waals surface area contributed by atoms with Gasteiger partial charge in [-0.05, 0) is 23.7 Å². The highest BCUT2D eigenvalue weighted by atomic mass is 14.4. The van der Waals surface area contributed by atoms with E-state index in [0.717, 1.165) is 0 Å². The molecule has 0 spiro atoms. The fourth-order valence-corrected chi connectivity index (χ4v) is 2.44. The normalized spacial score (nSPS) is 14.1. The monoisotopic (exact) mass is 209 g/mol. The van der Waals surface area contributed by atoms with Crippen LogP contribution in [0.15, 0.2) is 0 Å². The third-order valence-corrected chi connectivity index (χ3v) is 4.39. The minimum absolute atomic E-state index is 0.356. The highest BCUT2D eigenvalue weighted by Crippen LogP contribution is 2.50. The fraction of sp³-hybridized carbons (Fsp3) is 1.00. The van der Waals surface area contributed by atoms with Crippen molar-refractivity contribution in [1.29, 1.82) is 0 Å². The van der Waals surface area contributed by atoms with E-state index in [1.54, 1.807) is 0 Å². The molecule has 0 aromatic carbocycles. The quantitative estimate of drug-likeness (QED) is 0.529. The molecule has 0 aliphatic rings. The molecule has 1 radical (unpaired) electrons. The Labute approximate surface area is 98.5 Å². The molecule has 0 unspecified atom stereocenters. The lowest BCUT2D eigenvalue weighted by atomic mass is 9.48. The number of rotatable bonds is 6. The van der Waals surface area contributed by atoms with Crippen LogP contribution in [0.1, 0.15) is 67.7 Å². The molecule has 89 valence electrons. The molecule has 0 aromatic heterocycles. The van der Waals surface area contributed by atoms with E-state index in [-0.39, 0.29) is 0 Å². The summed E-state index contributed by atoms with van der Waals surface area (Å²) in [6.45, 7) is 18.8. The summed E-state index contributed by atoms with van der Waals surface area (Å²) in [6.07, 6.45) is 3.87. The van der Waals surface area contributed by atoms with E-state index < -0.39 is 0 Å². The van der Waals surface area contributed by atoms with Gasteiger partial charge in [-0.2, -0.15) is 0 Å². The standard InChI is InChI=1S/C14H30B/c1-9-10-12(2,3)13(4,5)11-14(6,7)15-8/h9-11H2,1-8H3. The minimum atomic E-state index is 0.356. The topological polar surface area (TPSA) is 0 Å². The fourth-order valence-electron chi connectivity index (χ4n) is 2.44. The molecule has 1 heteroatoms. The first-order valence-corrected chi connectivity index (χ1v) is 6.38. The molecule has 0 N–H and O–H groups in total. The molecule has 0 fully saturated rings. The van der Waals surface area contributed by atoms with E-state index in [0.29, 0.717) is 16.1 Å². The molecule has 0 saturated heterocycles. The second kappa shape index (κ2) is 4.93. The maximum Gasteiger partial charge on any atom is 0.113 e. The second-order valence-corrected chi connectivity index (χ2v) is 6.97. The van der Waals surface area contributed by atoms with Crippen LogP contribution >= 0.6 is 0 Å². The van der Waals surface area contributed by atoms with Crippen molar-refractivity contribution in [3.8, 4) is 0 Å². The molecule has 0 bridgehead atoms. The maximum absolute atomic E-state index is 2.42. The van der Waals surface area contributed by atoms with E-state index in [2.05, 4.69) is 62.6 Å². The molecule has 0 atom stereocenters. The van der Waals surface area contributed by atoms with Crippen molar-refractivity contribution in [2.45, 2.75) is 79.9 Å². The summed E-state index contributed by atoms with van der Waals surface area (Å²) >= 11 is 0. The lowest BCUT2D eigenvalue weighted by molar-refractivity contribution is 0.0754. The van der Waals surface area contributed by atoms with Gasteiger partial charge in [-0.3, -0.25) is 0 Å². The Morgan fingerprint density at radius 2 is 1.33 bits per heavy atom. The van der Waals surface area contributed by atoms with Crippen molar-refractivity contribution in [1.82, 2.24) is 0 Å². The lowest BCUT2D eigenvalue weighted by Crippen LogP contribution is -2.36. The van der Waals surface area contributed by atoms with E-state index in [9.17, 15) is 0 Å². The minimum Gasteiger partial charge on any atom is -0.0914 e. The smallest absolute Gasteiger partial charge is 0.0914 e.